The maximum atomic E-state index is 8.82. The Labute approximate surface area is 102 Å². The first-order valence-corrected chi connectivity index (χ1v) is 5.15. The van der Waals surface area contributed by atoms with E-state index in [9.17, 15) is 0 Å². The third kappa shape index (κ3) is 2.63. The third-order valence-corrected chi connectivity index (χ3v) is 2.67. The van der Waals surface area contributed by atoms with E-state index in [0.717, 1.165) is 25.5 Å². The van der Waals surface area contributed by atoms with Crippen molar-refractivity contribution in [2.45, 2.75) is 13.0 Å². The lowest BCUT2D eigenvalue weighted by Crippen LogP contribution is -2.50. The van der Waals surface area contributed by atoms with E-state index in [1.165, 1.54) is 0 Å². The topological polar surface area (TPSA) is 52.0 Å². The van der Waals surface area contributed by atoms with Gasteiger partial charge in [0.1, 0.15) is 5.82 Å². The smallest absolute Gasteiger partial charge is 0.130 e. The number of rotatable bonds is 1. The zero-order valence-electron chi connectivity index (χ0n) is 9.18. The maximum absolute atomic E-state index is 8.82. The van der Waals surface area contributed by atoms with Gasteiger partial charge in [-0.15, -0.1) is 12.4 Å². The lowest BCUT2D eigenvalue weighted by atomic mass is 10.2. The monoisotopic (exact) mass is 238 g/mol. The fourth-order valence-corrected chi connectivity index (χ4v) is 1.83. The summed E-state index contributed by atoms with van der Waals surface area (Å²) >= 11 is 0. The van der Waals surface area contributed by atoms with E-state index >= 15 is 0 Å². The zero-order valence-corrected chi connectivity index (χ0v) is 10.00. The molecule has 1 fully saturated rings. The summed E-state index contributed by atoms with van der Waals surface area (Å²) in [4.78, 5) is 6.54. The molecule has 0 aliphatic carbocycles. The molecule has 1 unspecified atom stereocenters. The van der Waals surface area contributed by atoms with Crippen molar-refractivity contribution >= 4 is 18.2 Å². The Morgan fingerprint density at radius 1 is 1.62 bits per heavy atom. The lowest BCUT2D eigenvalue weighted by molar-refractivity contribution is 0.497. The molecule has 0 spiro atoms. The number of nitrogens with zero attached hydrogens (tertiary/aromatic N) is 3. The number of nitrogens with one attached hydrogen (secondary N) is 1. The Morgan fingerprint density at radius 3 is 3.12 bits per heavy atom. The second kappa shape index (κ2) is 5.69. The van der Waals surface area contributed by atoms with Crippen molar-refractivity contribution in [3.05, 3.63) is 23.9 Å². The van der Waals surface area contributed by atoms with Crippen molar-refractivity contribution in [2.75, 3.05) is 24.5 Å². The van der Waals surface area contributed by atoms with Crippen LogP contribution in [0.2, 0.25) is 0 Å². The van der Waals surface area contributed by atoms with Crippen LogP contribution >= 0.6 is 12.4 Å². The van der Waals surface area contributed by atoms with Crippen LogP contribution in [0.4, 0.5) is 5.82 Å². The molecule has 1 aromatic heterocycles. The van der Waals surface area contributed by atoms with Crippen molar-refractivity contribution in [1.82, 2.24) is 10.3 Å². The summed E-state index contributed by atoms with van der Waals surface area (Å²) in [7, 11) is 0. The molecule has 86 valence electrons. The van der Waals surface area contributed by atoms with Gasteiger partial charge in [0.25, 0.3) is 0 Å². The van der Waals surface area contributed by atoms with Gasteiger partial charge in [0.05, 0.1) is 11.6 Å². The second-order valence-electron chi connectivity index (χ2n) is 3.76. The average molecular weight is 239 g/mol. The zero-order chi connectivity index (χ0) is 10.7. The van der Waals surface area contributed by atoms with Crippen molar-refractivity contribution in [3.63, 3.8) is 0 Å². The quantitative estimate of drug-likeness (QED) is 0.798. The van der Waals surface area contributed by atoms with E-state index in [2.05, 4.69) is 28.2 Å². The standard InChI is InChI=1S/C11H14N4.ClH/c1-9-8-13-4-5-15(9)11-6-10(7-12)2-3-14-11;/h2-3,6,9,13H,4-5,8H2,1H3;1H. The Bertz CT molecular complexity index is 388. The van der Waals surface area contributed by atoms with Crippen molar-refractivity contribution in [2.24, 2.45) is 0 Å². The number of pyridine rings is 1. The number of anilines is 1. The summed E-state index contributed by atoms with van der Waals surface area (Å²) in [5.74, 6) is 0.906. The van der Waals surface area contributed by atoms with Crippen LogP contribution in [-0.4, -0.2) is 30.7 Å². The average Bonchev–Trinajstić information content (AvgIpc) is 2.30. The Hall–Kier alpha value is -1.31. The van der Waals surface area contributed by atoms with E-state index in [-0.39, 0.29) is 12.4 Å². The van der Waals surface area contributed by atoms with Gasteiger partial charge < -0.3 is 10.2 Å². The highest BCUT2D eigenvalue weighted by molar-refractivity contribution is 5.85. The summed E-state index contributed by atoms with van der Waals surface area (Å²) in [6, 6.07) is 6.15. The molecule has 1 saturated heterocycles. The first kappa shape index (κ1) is 12.8. The molecule has 4 nitrogen and oxygen atoms in total. The molecule has 0 bridgehead atoms. The summed E-state index contributed by atoms with van der Waals surface area (Å²) in [5.41, 5.74) is 0.672. The minimum absolute atomic E-state index is 0. The minimum atomic E-state index is 0. The second-order valence-corrected chi connectivity index (χ2v) is 3.76. The molecular formula is C11H15ClN4. The fraction of sp³-hybridized carbons (Fsp3) is 0.455. The first-order chi connectivity index (χ1) is 7.31. The van der Waals surface area contributed by atoms with Gasteiger partial charge in [-0.05, 0) is 19.1 Å². The van der Waals surface area contributed by atoms with Gasteiger partial charge in [0, 0.05) is 31.9 Å². The molecule has 1 atom stereocenters. The lowest BCUT2D eigenvalue weighted by Gasteiger charge is -2.34. The van der Waals surface area contributed by atoms with E-state index < -0.39 is 0 Å². The van der Waals surface area contributed by atoms with Crippen LogP contribution in [0.1, 0.15) is 12.5 Å². The molecule has 1 aromatic rings. The first-order valence-electron chi connectivity index (χ1n) is 5.15. The van der Waals surface area contributed by atoms with Gasteiger partial charge in [-0.2, -0.15) is 5.26 Å². The van der Waals surface area contributed by atoms with E-state index in [1.54, 1.807) is 12.3 Å². The number of nitriles is 1. The van der Waals surface area contributed by atoms with Gasteiger partial charge >= 0.3 is 0 Å². The Kier molecular flexibility index (Phi) is 4.53. The third-order valence-electron chi connectivity index (χ3n) is 2.67. The van der Waals surface area contributed by atoms with E-state index in [0.29, 0.717) is 11.6 Å². The predicted molar refractivity (Wildman–Crippen MR) is 65.9 cm³/mol. The molecule has 0 aromatic carbocycles. The molecule has 2 heterocycles. The molecule has 1 N–H and O–H groups in total. The van der Waals surface area contributed by atoms with Gasteiger partial charge in [-0.1, -0.05) is 0 Å². The van der Waals surface area contributed by atoms with Crippen LogP contribution in [0, 0.1) is 11.3 Å². The molecular weight excluding hydrogens is 224 g/mol. The highest BCUT2D eigenvalue weighted by Gasteiger charge is 2.19. The van der Waals surface area contributed by atoms with Crippen molar-refractivity contribution in [1.29, 1.82) is 5.26 Å². The number of hydrogen-bond donors (Lipinski definition) is 1. The van der Waals surface area contributed by atoms with Crippen LogP contribution in [-0.2, 0) is 0 Å². The number of aromatic nitrogens is 1. The number of hydrogen-bond acceptors (Lipinski definition) is 4. The molecule has 0 saturated carbocycles. The van der Waals surface area contributed by atoms with E-state index in [1.807, 2.05) is 6.07 Å². The molecule has 0 radical (unpaired) electrons. The van der Waals surface area contributed by atoms with E-state index in [4.69, 9.17) is 5.26 Å². The normalized spacial score (nSPS) is 19.8. The summed E-state index contributed by atoms with van der Waals surface area (Å²) in [6.07, 6.45) is 1.70. The SMILES string of the molecule is CC1CNCCN1c1cc(C#N)ccn1.Cl. The Morgan fingerprint density at radius 2 is 2.44 bits per heavy atom. The van der Waals surface area contributed by atoms with Gasteiger partial charge in [-0.3, -0.25) is 0 Å². The van der Waals surface area contributed by atoms with Crippen LogP contribution in [0.15, 0.2) is 18.3 Å². The fourth-order valence-electron chi connectivity index (χ4n) is 1.83. The highest BCUT2D eigenvalue weighted by atomic mass is 35.5. The summed E-state index contributed by atoms with van der Waals surface area (Å²) in [6.45, 7) is 5.05. The molecule has 16 heavy (non-hydrogen) atoms. The predicted octanol–water partition coefficient (Wildman–Crippen LogP) is 1.17. The van der Waals surface area contributed by atoms with Crippen LogP contribution < -0.4 is 10.2 Å². The van der Waals surface area contributed by atoms with Crippen LogP contribution in [0.25, 0.3) is 0 Å². The van der Waals surface area contributed by atoms with Gasteiger partial charge in [0.2, 0.25) is 0 Å². The van der Waals surface area contributed by atoms with Crippen LogP contribution in [0.3, 0.4) is 0 Å². The molecule has 2 rings (SSSR count). The van der Waals surface area contributed by atoms with Crippen LogP contribution in [0.5, 0.6) is 0 Å². The number of halogens is 1. The summed E-state index contributed by atoms with van der Waals surface area (Å²) < 4.78 is 0. The maximum Gasteiger partial charge on any atom is 0.130 e. The molecule has 0 amide bonds. The highest BCUT2D eigenvalue weighted by Crippen LogP contribution is 2.16. The molecule has 1 aliphatic rings. The van der Waals surface area contributed by atoms with Gasteiger partial charge in [0.15, 0.2) is 0 Å². The Balaban J connectivity index is 0.00000128. The minimum Gasteiger partial charge on any atom is -0.351 e. The number of piperazine rings is 1. The molecule has 5 heteroatoms. The summed E-state index contributed by atoms with van der Waals surface area (Å²) in [5, 5.41) is 12.1. The largest absolute Gasteiger partial charge is 0.351 e. The van der Waals surface area contributed by atoms with Gasteiger partial charge in [-0.25, -0.2) is 4.98 Å². The van der Waals surface area contributed by atoms with Crippen molar-refractivity contribution < 1.29 is 0 Å². The van der Waals surface area contributed by atoms with Crippen molar-refractivity contribution in [3.8, 4) is 6.07 Å². The molecule has 1 aliphatic heterocycles.